The van der Waals surface area contributed by atoms with E-state index in [0.29, 0.717) is 48.5 Å². The molecule has 1 fully saturated rings. The summed E-state index contributed by atoms with van der Waals surface area (Å²) < 4.78 is 10.4. The number of amidine groups is 1. The fourth-order valence-electron chi connectivity index (χ4n) is 4.69. The van der Waals surface area contributed by atoms with Crippen LogP contribution in [0, 0.1) is 13.8 Å². The van der Waals surface area contributed by atoms with Crippen LogP contribution in [0.5, 0.6) is 5.75 Å². The number of ether oxygens (including phenoxy) is 1. The highest BCUT2D eigenvalue weighted by atomic mass is 32.2. The van der Waals surface area contributed by atoms with Gasteiger partial charge in [-0.2, -0.15) is 0 Å². The highest BCUT2D eigenvalue weighted by Crippen LogP contribution is 2.31. The number of aliphatic imine (C=N–C) groups is 1. The van der Waals surface area contributed by atoms with E-state index in [2.05, 4.69) is 4.99 Å². The molecule has 3 amide bonds. The van der Waals surface area contributed by atoms with Crippen LogP contribution in [0.4, 0.5) is 5.69 Å². The van der Waals surface area contributed by atoms with Crippen LogP contribution in [0.3, 0.4) is 0 Å². The summed E-state index contributed by atoms with van der Waals surface area (Å²) in [4.78, 5) is 48.9. The molecule has 206 valence electrons. The highest BCUT2D eigenvalue weighted by Gasteiger charge is 2.33. The first kappa shape index (κ1) is 27.3. The maximum Gasteiger partial charge on any atom is 0.289 e. The Morgan fingerprint density at radius 1 is 1.00 bits per heavy atom. The van der Waals surface area contributed by atoms with Crippen LogP contribution in [-0.4, -0.2) is 71.7 Å². The summed E-state index contributed by atoms with van der Waals surface area (Å²) in [6.45, 7) is 5.68. The number of thioether (sulfide) groups is 1. The lowest BCUT2D eigenvalue weighted by Gasteiger charge is -2.34. The molecule has 10 heteroatoms. The minimum absolute atomic E-state index is 0.0711. The Labute approximate surface area is 237 Å². The lowest BCUT2D eigenvalue weighted by molar-refractivity contribution is -0.129. The third-order valence-electron chi connectivity index (χ3n) is 6.69. The number of benzene rings is 2. The van der Waals surface area contributed by atoms with Crippen molar-refractivity contribution in [3.8, 4) is 5.75 Å². The molecule has 0 atom stereocenters. The minimum Gasteiger partial charge on any atom is -0.497 e. The quantitative estimate of drug-likeness (QED) is 0.417. The predicted molar refractivity (Wildman–Crippen MR) is 155 cm³/mol. The lowest BCUT2D eigenvalue weighted by Crippen LogP contribution is -2.51. The zero-order chi connectivity index (χ0) is 28.2. The van der Waals surface area contributed by atoms with Gasteiger partial charge in [0.15, 0.2) is 10.9 Å². The van der Waals surface area contributed by atoms with Crippen LogP contribution in [0.1, 0.15) is 27.2 Å². The number of aryl methyl sites for hydroxylation is 2. The van der Waals surface area contributed by atoms with Crippen molar-refractivity contribution in [1.29, 1.82) is 0 Å². The van der Waals surface area contributed by atoms with E-state index >= 15 is 0 Å². The summed E-state index contributed by atoms with van der Waals surface area (Å²) in [5, 5.41) is 0.453. The molecule has 40 heavy (non-hydrogen) atoms. The van der Waals surface area contributed by atoms with Gasteiger partial charge >= 0.3 is 0 Å². The molecule has 0 spiro atoms. The van der Waals surface area contributed by atoms with Crippen molar-refractivity contribution in [2.75, 3.05) is 43.9 Å². The second kappa shape index (κ2) is 11.8. The number of piperazine rings is 1. The molecule has 2 aliphatic heterocycles. The van der Waals surface area contributed by atoms with E-state index in [4.69, 9.17) is 9.15 Å². The van der Waals surface area contributed by atoms with Crippen LogP contribution in [-0.2, 0) is 9.59 Å². The van der Waals surface area contributed by atoms with Crippen molar-refractivity contribution < 1.29 is 23.5 Å². The van der Waals surface area contributed by atoms with E-state index in [-0.39, 0.29) is 23.5 Å². The van der Waals surface area contributed by atoms with Crippen molar-refractivity contribution >= 4 is 46.4 Å². The van der Waals surface area contributed by atoms with Gasteiger partial charge in [-0.1, -0.05) is 30.0 Å². The number of furan rings is 1. The molecule has 0 unspecified atom stereocenters. The molecule has 1 saturated heterocycles. The monoisotopic (exact) mass is 558 g/mol. The zero-order valence-corrected chi connectivity index (χ0v) is 23.4. The number of carbonyl (C=O) groups is 3. The van der Waals surface area contributed by atoms with E-state index in [0.717, 1.165) is 22.4 Å². The molecule has 0 radical (unpaired) electrons. The van der Waals surface area contributed by atoms with Crippen molar-refractivity contribution in [2.24, 2.45) is 4.99 Å². The summed E-state index contributed by atoms with van der Waals surface area (Å²) in [6.07, 6.45) is 3.21. The molecule has 0 N–H and O–H groups in total. The Hall–Kier alpha value is -4.31. The van der Waals surface area contributed by atoms with Crippen molar-refractivity contribution in [3.05, 3.63) is 89.0 Å². The van der Waals surface area contributed by atoms with Gasteiger partial charge < -0.3 is 19.0 Å². The Morgan fingerprint density at radius 3 is 2.30 bits per heavy atom. The van der Waals surface area contributed by atoms with Gasteiger partial charge in [0, 0.05) is 26.2 Å². The van der Waals surface area contributed by atoms with Crippen LogP contribution in [0.15, 0.2) is 76.0 Å². The fourth-order valence-corrected chi connectivity index (χ4v) is 5.61. The first-order valence-corrected chi connectivity index (χ1v) is 13.9. The van der Waals surface area contributed by atoms with E-state index in [1.165, 1.54) is 18.0 Å². The molecule has 0 saturated carbocycles. The van der Waals surface area contributed by atoms with Crippen LogP contribution < -0.4 is 9.64 Å². The highest BCUT2D eigenvalue weighted by molar-refractivity contribution is 8.14. The summed E-state index contributed by atoms with van der Waals surface area (Å²) in [5.41, 5.74) is 3.88. The summed E-state index contributed by atoms with van der Waals surface area (Å²) in [7, 11) is 1.60. The number of carbonyl (C=O) groups excluding carboxylic acids is 3. The number of rotatable bonds is 6. The summed E-state index contributed by atoms with van der Waals surface area (Å²) >= 11 is 1.24. The average molecular weight is 559 g/mol. The van der Waals surface area contributed by atoms with Gasteiger partial charge in [0.05, 0.1) is 24.8 Å². The lowest BCUT2D eigenvalue weighted by atomic mass is 10.1. The van der Waals surface area contributed by atoms with Crippen LogP contribution >= 0.6 is 11.8 Å². The second-order valence-corrected chi connectivity index (χ2v) is 10.6. The first-order valence-electron chi connectivity index (χ1n) is 12.9. The smallest absolute Gasteiger partial charge is 0.289 e. The zero-order valence-electron chi connectivity index (χ0n) is 22.6. The van der Waals surface area contributed by atoms with E-state index in [9.17, 15) is 14.4 Å². The minimum atomic E-state index is -0.249. The van der Waals surface area contributed by atoms with Gasteiger partial charge in [0.2, 0.25) is 5.91 Å². The standard InChI is InChI=1S/C30H30N4O5S/c1-20-15-21(2)17-23(16-20)34-28(36)25(18-22-6-8-24(38-3)9-7-22)31-30(34)40-19-27(35)32-10-12-33(13-11-32)29(37)26-5-4-14-39-26/h4-9,14-18H,10-13,19H2,1-3H3/b25-18-. The maximum absolute atomic E-state index is 13.6. The van der Waals surface area contributed by atoms with Crippen molar-refractivity contribution in [2.45, 2.75) is 13.8 Å². The summed E-state index contributed by atoms with van der Waals surface area (Å²) in [6, 6.07) is 16.6. The Balaban J connectivity index is 1.30. The Bertz CT molecular complexity index is 1450. The van der Waals surface area contributed by atoms with Gasteiger partial charge in [0.1, 0.15) is 11.4 Å². The van der Waals surface area contributed by atoms with E-state index < -0.39 is 0 Å². The van der Waals surface area contributed by atoms with Crippen molar-refractivity contribution in [1.82, 2.24) is 9.80 Å². The topological polar surface area (TPSA) is 95.7 Å². The molecule has 5 rings (SSSR count). The maximum atomic E-state index is 13.6. The largest absolute Gasteiger partial charge is 0.497 e. The van der Waals surface area contributed by atoms with E-state index in [1.807, 2.05) is 56.3 Å². The molecule has 0 bridgehead atoms. The molecule has 9 nitrogen and oxygen atoms in total. The number of anilines is 1. The van der Waals surface area contributed by atoms with Gasteiger partial charge in [-0.3, -0.25) is 19.3 Å². The molecular formula is C30H30N4O5S. The Morgan fingerprint density at radius 2 is 1.68 bits per heavy atom. The van der Waals surface area contributed by atoms with Gasteiger partial charge in [-0.25, -0.2) is 4.99 Å². The second-order valence-electron chi connectivity index (χ2n) is 9.62. The predicted octanol–water partition coefficient (Wildman–Crippen LogP) is 4.37. The number of nitrogens with zero attached hydrogens (tertiary/aromatic N) is 4. The van der Waals surface area contributed by atoms with Gasteiger partial charge in [0.25, 0.3) is 11.8 Å². The first-order chi connectivity index (χ1) is 19.3. The molecule has 2 aromatic carbocycles. The average Bonchev–Trinajstić information content (AvgIpc) is 3.60. The SMILES string of the molecule is COc1ccc(/C=C2\N=C(SCC(=O)N3CCN(C(=O)c4ccco4)CC3)N(c3cc(C)cc(C)c3)C2=O)cc1. The number of methoxy groups -OCH3 is 1. The number of amides is 3. The van der Waals surface area contributed by atoms with E-state index in [1.54, 1.807) is 40.0 Å². The molecule has 3 heterocycles. The molecular weight excluding hydrogens is 528 g/mol. The normalized spacial score (nSPS) is 16.5. The third kappa shape index (κ3) is 5.96. The van der Waals surface area contributed by atoms with Crippen LogP contribution in [0.25, 0.3) is 6.08 Å². The van der Waals surface area contributed by atoms with Crippen molar-refractivity contribution in [3.63, 3.8) is 0 Å². The fraction of sp³-hybridized carbons (Fsp3) is 0.267. The number of hydrogen-bond donors (Lipinski definition) is 0. The van der Waals surface area contributed by atoms with Gasteiger partial charge in [-0.15, -0.1) is 0 Å². The van der Waals surface area contributed by atoms with Crippen LogP contribution in [0.2, 0.25) is 0 Å². The number of hydrogen-bond acceptors (Lipinski definition) is 7. The summed E-state index contributed by atoms with van der Waals surface area (Å²) in [5.74, 6) is 0.644. The Kier molecular flexibility index (Phi) is 8.06. The van der Waals surface area contributed by atoms with Gasteiger partial charge in [-0.05, 0) is 73.0 Å². The molecule has 1 aromatic heterocycles. The molecule has 3 aromatic rings. The molecule has 2 aliphatic rings. The third-order valence-corrected chi connectivity index (χ3v) is 7.61. The molecule has 0 aliphatic carbocycles.